The molecule has 0 unspecified atom stereocenters. The van der Waals surface area contributed by atoms with E-state index in [1.165, 1.54) is 44.8 Å². The molecule has 0 radical (unpaired) electrons. The Morgan fingerprint density at radius 3 is 1.49 bits per heavy atom. The smallest absolute Gasteiger partial charge is 0.0146 e. The topological polar surface area (TPSA) is 36.4 Å². The zero-order valence-electron chi connectivity index (χ0n) is 30.8. The number of rotatable bonds is 8. The first-order chi connectivity index (χ1) is 24.3. The predicted molar refractivity (Wildman–Crippen MR) is 220 cm³/mol. The van der Waals surface area contributed by atoms with Gasteiger partial charge >= 0.3 is 180 Å². The summed E-state index contributed by atoms with van der Waals surface area (Å²) in [5.74, 6) is 0.825. The molecule has 0 amide bonds. The molecule has 1 aliphatic heterocycles. The number of hydrogen-bond donors (Lipinski definition) is 0. The van der Waals surface area contributed by atoms with Gasteiger partial charge in [0, 0.05) is 24.5 Å². The van der Waals surface area contributed by atoms with E-state index in [4.69, 9.17) is 19.4 Å². The van der Waals surface area contributed by atoms with Crippen LogP contribution in [0.25, 0.3) is 0 Å². The van der Waals surface area contributed by atoms with Gasteiger partial charge in [-0.2, -0.15) is 6.67 Å². The van der Waals surface area contributed by atoms with Crippen molar-refractivity contribution in [1.29, 1.82) is 0 Å². The van der Waals surface area contributed by atoms with Crippen molar-refractivity contribution in [2.24, 2.45) is 0 Å². The third kappa shape index (κ3) is 9.25. The summed E-state index contributed by atoms with van der Waals surface area (Å²) < 4.78 is 21.0. The van der Waals surface area contributed by atoms with Crippen LogP contribution in [-0.4, -0.2) is 28.5 Å². The van der Waals surface area contributed by atoms with Gasteiger partial charge in [0.2, 0.25) is 0 Å². The van der Waals surface area contributed by atoms with Crippen molar-refractivity contribution in [2.45, 2.75) is 61.5 Å². The van der Waals surface area contributed by atoms with Gasteiger partial charge in [-0.3, -0.25) is 0 Å². The number of hydrogen-bond acceptors (Lipinski definition) is 3. The van der Waals surface area contributed by atoms with E-state index in [0.29, 0.717) is 0 Å². The monoisotopic (exact) mass is 828 g/mol. The van der Waals surface area contributed by atoms with E-state index >= 15 is 0 Å². The van der Waals surface area contributed by atoms with E-state index in [9.17, 15) is 4.57 Å². The number of ether oxygens (including phenoxy) is 1. The summed E-state index contributed by atoms with van der Waals surface area (Å²) in [5.41, 5.74) is 11.7. The summed E-state index contributed by atoms with van der Waals surface area (Å²) in [6.45, 7) is 21.6. The minimum Gasteiger partial charge on any atom is -0.502 e. The molecular formula is C43H49Cl2N2O2PRu. The second-order valence-corrected chi connectivity index (χ2v) is 22.0. The van der Waals surface area contributed by atoms with E-state index in [0.717, 1.165) is 40.3 Å². The molecule has 1 saturated heterocycles. The van der Waals surface area contributed by atoms with Gasteiger partial charge in [-0.05, 0) is 63.8 Å². The van der Waals surface area contributed by atoms with Gasteiger partial charge in [0.15, 0.2) is 0 Å². The molecule has 1 fully saturated rings. The number of halogens is 2. The molecule has 5 aromatic carbocycles. The molecule has 0 aromatic heterocycles. The number of aliphatic hydroxyl groups is 1. The van der Waals surface area contributed by atoms with Crippen molar-refractivity contribution in [3.8, 4) is 5.75 Å². The summed E-state index contributed by atoms with van der Waals surface area (Å²) in [5, 5.41) is 2.35. The molecule has 0 aliphatic carbocycles. The summed E-state index contributed by atoms with van der Waals surface area (Å²) in [4.78, 5) is 4.81. The summed E-state index contributed by atoms with van der Waals surface area (Å²) in [6, 6.07) is 34.1. The van der Waals surface area contributed by atoms with Gasteiger partial charge in [-0.15, -0.1) is 0 Å². The average molecular weight is 829 g/mol. The number of nitrogens with zero attached hydrogens (tertiary/aromatic N) is 2. The minimum absolute atomic E-state index is 0.138. The second kappa shape index (κ2) is 17.1. The summed E-state index contributed by atoms with van der Waals surface area (Å²) >= 11 is -2.07. The summed E-state index contributed by atoms with van der Waals surface area (Å²) in [7, 11) is 9.30. The molecule has 0 atom stereocenters. The Morgan fingerprint density at radius 2 is 1.10 bits per heavy atom. The number of benzene rings is 5. The van der Waals surface area contributed by atoms with Gasteiger partial charge in [0.05, 0.1) is 0 Å². The standard InChI is InChI=1S/C22H21O2P.C21H27N2.2ClH.Ru/c1-17(2)24-22-15-14-21(16-18(22)3)25(23,19-10-6-4-7-11-19)20-12-8-5-9-13-20;1-14-9-16(3)20(17(4)10-14)22-7-8-23(13-22)21-18(5)11-15(2)12-19(21)6;;;/h3-17H,1-2H3;9-13H,7-8H2,1-6H3;2*1H;/q;-1;;;+2/p-1. The van der Waals surface area contributed by atoms with Gasteiger partial charge in [-0.1, -0.05) is 35.4 Å². The van der Waals surface area contributed by atoms with Crippen molar-refractivity contribution in [2.75, 3.05) is 22.9 Å². The molecule has 1 heterocycles. The fraction of sp³-hybridized carbons (Fsp3) is 0.256. The normalized spacial score (nSPS) is 13.2. The molecule has 1 aliphatic rings. The Bertz CT molecular complexity index is 1910. The van der Waals surface area contributed by atoms with Gasteiger partial charge in [0.1, 0.15) is 0 Å². The van der Waals surface area contributed by atoms with Crippen LogP contribution in [0.3, 0.4) is 0 Å². The molecular weight excluding hydrogens is 779 g/mol. The van der Waals surface area contributed by atoms with Crippen LogP contribution in [0.4, 0.5) is 11.4 Å². The SMILES string of the molecule is CC(C)[OH+]c1ccc(P(=O)(c2ccccc2)c2ccccc2)cc1[CH]=[Ru]([Cl])[Cl].Cc1cc(C)c(N2[CH-]N(c3c(C)cc(C)cc3C)CC2)c(C)c1. The van der Waals surface area contributed by atoms with Crippen LogP contribution in [0, 0.1) is 48.2 Å². The van der Waals surface area contributed by atoms with E-state index in [2.05, 4.69) is 87.0 Å². The zero-order valence-corrected chi connectivity index (χ0v) is 34.9. The van der Waals surface area contributed by atoms with Crippen LogP contribution in [0.15, 0.2) is 103 Å². The third-order valence-corrected chi connectivity index (χ3v) is 13.8. The van der Waals surface area contributed by atoms with Gasteiger partial charge in [-0.25, -0.2) is 0 Å². The van der Waals surface area contributed by atoms with Crippen molar-refractivity contribution in [3.05, 3.63) is 149 Å². The Hall–Kier alpha value is -3.20. The fourth-order valence-electron chi connectivity index (χ4n) is 7.11. The zero-order chi connectivity index (χ0) is 36.9. The maximum Gasteiger partial charge on any atom is 0.0146 e. The quantitative estimate of drug-likeness (QED) is 0.0677. The first-order valence-corrected chi connectivity index (χ1v) is 24.4. The summed E-state index contributed by atoms with van der Waals surface area (Å²) in [6.07, 6.45) is 0.138. The van der Waals surface area contributed by atoms with Crippen LogP contribution in [-0.2, 0) is 18.1 Å². The molecule has 0 bridgehead atoms. The Morgan fingerprint density at radius 1 is 0.667 bits per heavy atom. The van der Waals surface area contributed by atoms with Crippen LogP contribution >= 0.6 is 26.5 Å². The number of aromatic hydroxyl groups is 1. The second-order valence-electron chi connectivity index (χ2n) is 13.6. The van der Waals surface area contributed by atoms with Crippen LogP contribution in [0.5, 0.6) is 5.75 Å². The van der Waals surface area contributed by atoms with Crippen molar-refractivity contribution < 1.29 is 22.8 Å². The fourth-order valence-corrected chi connectivity index (χ4v) is 11.6. The maximum absolute atomic E-state index is 14.5. The molecule has 0 saturated carbocycles. The molecule has 1 N–H and O–H groups in total. The third-order valence-electron chi connectivity index (χ3n) is 8.90. The largest absolute Gasteiger partial charge is 0.502 e. The molecule has 8 heteroatoms. The van der Waals surface area contributed by atoms with Crippen LogP contribution in [0.1, 0.15) is 52.8 Å². The Balaban J connectivity index is 0.000000201. The molecule has 0 spiro atoms. The van der Waals surface area contributed by atoms with Gasteiger partial charge in [0.25, 0.3) is 0 Å². The molecule has 270 valence electrons. The first-order valence-electron chi connectivity index (χ1n) is 17.2. The molecule has 6 rings (SSSR count). The maximum atomic E-state index is 14.5. The van der Waals surface area contributed by atoms with E-state index in [-0.39, 0.29) is 6.10 Å². The average Bonchev–Trinajstić information content (AvgIpc) is 3.53. The van der Waals surface area contributed by atoms with Crippen molar-refractivity contribution in [1.82, 2.24) is 0 Å². The van der Waals surface area contributed by atoms with E-state index < -0.39 is 20.7 Å². The van der Waals surface area contributed by atoms with E-state index in [1.54, 1.807) is 0 Å². The minimum atomic E-state index is -3.03. The number of aryl methyl sites for hydroxylation is 6. The van der Waals surface area contributed by atoms with E-state index in [1.807, 2.05) is 97.3 Å². The Kier molecular flexibility index (Phi) is 13.1. The van der Waals surface area contributed by atoms with Crippen LogP contribution < -0.4 is 25.7 Å². The van der Waals surface area contributed by atoms with Crippen molar-refractivity contribution in [3.63, 3.8) is 0 Å². The Labute approximate surface area is 318 Å². The van der Waals surface area contributed by atoms with Crippen molar-refractivity contribution >= 4 is 58.4 Å². The number of anilines is 2. The molecule has 4 nitrogen and oxygen atoms in total. The predicted octanol–water partition coefficient (Wildman–Crippen LogP) is 10.0. The first kappa shape index (κ1) is 39.0. The molecule has 5 aromatic rings. The van der Waals surface area contributed by atoms with Crippen LogP contribution in [0.2, 0.25) is 0 Å². The van der Waals surface area contributed by atoms with Gasteiger partial charge < -0.3 is 9.80 Å². The molecule has 51 heavy (non-hydrogen) atoms.